The van der Waals surface area contributed by atoms with Gasteiger partial charge in [0.1, 0.15) is 158 Å². The smallest absolute Gasteiger partial charge is 0.187 e. The van der Waals surface area contributed by atoms with E-state index in [0.29, 0.717) is 25.9 Å². The van der Waals surface area contributed by atoms with E-state index in [9.17, 15) is 112 Å². The van der Waals surface area contributed by atoms with Gasteiger partial charge in [0, 0.05) is 25.2 Å². The van der Waals surface area contributed by atoms with Crippen LogP contribution in [0.1, 0.15) is 50.9 Å². The number of aromatic nitrogens is 6. The summed E-state index contributed by atoms with van der Waals surface area (Å²) in [6.07, 6.45) is -43.5. The molecule has 36 atom stereocenters. The van der Waals surface area contributed by atoms with Crippen LogP contribution in [0.25, 0.3) is 0 Å². The van der Waals surface area contributed by atoms with Crippen LogP contribution in [0.2, 0.25) is 0 Å². The summed E-state index contributed by atoms with van der Waals surface area (Å²) in [5, 5.41) is 257. The van der Waals surface area contributed by atoms with Gasteiger partial charge in [-0.05, 0) is 50.7 Å². The normalized spacial score (nSPS) is 45.3. The first kappa shape index (κ1) is 80.9. The first-order valence-corrected chi connectivity index (χ1v) is 33.7. The van der Waals surface area contributed by atoms with Crippen molar-refractivity contribution < 1.29 is 169 Å². The highest BCUT2D eigenvalue weighted by molar-refractivity contribution is 5.23. The summed E-state index contributed by atoms with van der Waals surface area (Å²) in [5.41, 5.74) is 0.716. The summed E-state index contributed by atoms with van der Waals surface area (Å²) in [6, 6.07) is -3.27. The molecule has 8 aliphatic rings. The van der Waals surface area contributed by atoms with Gasteiger partial charge in [0.2, 0.25) is 0 Å². The molecule has 0 saturated carbocycles. The quantitative estimate of drug-likeness (QED) is 0.0266. The highest BCUT2D eigenvalue weighted by Gasteiger charge is 2.56. The van der Waals surface area contributed by atoms with Crippen molar-refractivity contribution in [2.75, 3.05) is 39.6 Å². The Morgan fingerprint density at radius 1 is 0.402 bits per heavy atom. The van der Waals surface area contributed by atoms with Crippen LogP contribution in [0, 0.1) is 0 Å². The molecule has 42 heteroatoms. The number of ether oxygens (including phenoxy) is 12. The molecule has 2 aliphatic carbocycles. The highest BCUT2D eigenvalue weighted by atomic mass is 16.8. The van der Waals surface area contributed by atoms with E-state index >= 15 is 0 Å². The number of nitrogens with zero attached hydrogens (tertiary/aromatic N) is 6. The standard InChI is InChI=1S/C60H98N8O34/c1-21-27(61-29-7-23(13-69)37(77)41(81)39(29)79)9-31(75)55(93-21)99-51-35(17-73)97-59(49(89)45(51)85)101-53-33(15-71)95-57(47(87)43(53)83)91-19-25-11-67(65-63-25)5-3-4-6-68-12-26(64-66-68)20-92-58-48(88)44(84)54(34(16-72)96-58)102-60-50(90)46(86)52(36(18-74)98-60)100-56-32(76)10-28(22(2)94-56)62-30-8-24(14-70)38(78)42(82)40(30)80/h7-8,11-12,21-22,27-62,69-90H,3-6,9-10,13-20H2,1-2H3/t21?,22?,27-,28+,29-,30+,31-,32?,33?,34?,35?,36?,37+,38-,39-,40-,41-,42+,43?,44-,45?,46-,47-,48?,49-,50?,51+,52-,53+,54-,55+,56-,57+,58-,59+,60-/m1/s1. The lowest BCUT2D eigenvalue weighted by Gasteiger charge is -2.48. The van der Waals surface area contributed by atoms with Gasteiger partial charge in [-0.25, -0.2) is 0 Å². The molecule has 6 saturated heterocycles. The summed E-state index contributed by atoms with van der Waals surface area (Å²) in [6.45, 7) is -1.11. The van der Waals surface area contributed by atoms with E-state index in [1.807, 2.05) is 0 Å². The van der Waals surface area contributed by atoms with Gasteiger partial charge in [-0.2, -0.15) is 0 Å². The summed E-state index contributed by atoms with van der Waals surface area (Å²) in [5.74, 6) is 0. The van der Waals surface area contributed by atoms with Crippen LogP contribution in [0.15, 0.2) is 35.7 Å². The Balaban J connectivity index is 0.622. The Morgan fingerprint density at radius 3 is 1.04 bits per heavy atom. The summed E-state index contributed by atoms with van der Waals surface area (Å²) < 4.78 is 72.8. The molecule has 8 heterocycles. The average Bonchev–Trinajstić information content (AvgIpc) is 0.801. The van der Waals surface area contributed by atoms with Crippen molar-refractivity contribution in [3.63, 3.8) is 0 Å². The van der Waals surface area contributed by atoms with E-state index in [4.69, 9.17) is 56.8 Å². The fourth-order valence-electron chi connectivity index (χ4n) is 13.7. The molecule has 2 aromatic heterocycles. The zero-order valence-electron chi connectivity index (χ0n) is 55.4. The van der Waals surface area contributed by atoms with Crippen molar-refractivity contribution in [2.24, 2.45) is 0 Å². The fraction of sp³-hybridized carbons (Fsp3) is 0.867. The van der Waals surface area contributed by atoms with Crippen LogP contribution in [0.3, 0.4) is 0 Å². The number of hydrogen-bond donors (Lipinski definition) is 24. The zero-order chi connectivity index (χ0) is 73.7. The van der Waals surface area contributed by atoms with Crippen LogP contribution < -0.4 is 10.6 Å². The monoisotopic (exact) mass is 1470 g/mol. The molecular weight excluding hydrogens is 1380 g/mol. The minimum absolute atomic E-state index is 0.0733. The summed E-state index contributed by atoms with van der Waals surface area (Å²) in [4.78, 5) is 0. The number of aliphatic hydroxyl groups is 22. The third-order valence-electron chi connectivity index (χ3n) is 19.7. The van der Waals surface area contributed by atoms with E-state index < -0.39 is 260 Å². The molecule has 0 spiro atoms. The maximum Gasteiger partial charge on any atom is 0.187 e. The molecule has 24 N–H and O–H groups in total. The highest BCUT2D eigenvalue weighted by Crippen LogP contribution is 2.37. The molecule has 11 unspecified atom stereocenters. The molecule has 0 aromatic carbocycles. The second-order valence-electron chi connectivity index (χ2n) is 26.8. The fourth-order valence-corrected chi connectivity index (χ4v) is 13.7. The molecule has 0 radical (unpaired) electrons. The van der Waals surface area contributed by atoms with Crippen molar-refractivity contribution >= 4 is 0 Å². The first-order chi connectivity index (χ1) is 48.7. The van der Waals surface area contributed by atoms with E-state index in [2.05, 4.69) is 31.3 Å². The number of aliphatic hydroxyl groups excluding tert-OH is 22. The van der Waals surface area contributed by atoms with Crippen LogP contribution in [-0.4, -0.2) is 403 Å². The van der Waals surface area contributed by atoms with Crippen molar-refractivity contribution in [1.29, 1.82) is 0 Å². The minimum atomic E-state index is -1.96. The van der Waals surface area contributed by atoms with E-state index in [0.717, 1.165) is 0 Å². The molecular formula is C60H98N8O34. The third-order valence-corrected chi connectivity index (χ3v) is 19.7. The molecule has 10 rings (SSSR count). The second-order valence-corrected chi connectivity index (χ2v) is 26.8. The lowest BCUT2D eigenvalue weighted by atomic mass is 9.87. The summed E-state index contributed by atoms with van der Waals surface area (Å²) in [7, 11) is 0. The van der Waals surface area contributed by atoms with Gasteiger partial charge in [-0.1, -0.05) is 22.6 Å². The van der Waals surface area contributed by atoms with Gasteiger partial charge >= 0.3 is 0 Å². The average molecular weight is 1480 g/mol. The molecule has 582 valence electrons. The summed E-state index contributed by atoms with van der Waals surface area (Å²) >= 11 is 0. The lowest BCUT2D eigenvalue weighted by Crippen LogP contribution is -2.66. The number of hydrogen-bond acceptors (Lipinski definition) is 40. The van der Waals surface area contributed by atoms with Crippen LogP contribution in [-0.2, 0) is 83.1 Å². The largest absolute Gasteiger partial charge is 0.394 e. The van der Waals surface area contributed by atoms with Gasteiger partial charge in [0.25, 0.3) is 0 Å². The van der Waals surface area contributed by atoms with Crippen LogP contribution >= 0.6 is 0 Å². The maximum atomic E-state index is 11.3. The van der Waals surface area contributed by atoms with Gasteiger partial charge < -0.3 is 180 Å². The number of unbranched alkanes of at least 4 members (excludes halogenated alkanes) is 1. The number of nitrogens with one attached hydrogen (secondary N) is 2. The molecule has 0 amide bonds. The SMILES string of the molecule is CC1O[C@H](O[C@@H]2C(CO)O[C@H](O[C@@H]3C(CO)O[C@@H](OCc4cn(CCCCn5cc(CO[C@H]6OC(CO)[C@H](O[C@@H]7OC(CO)[C@H](O[C@@H]8OC(C)[C@H](N[C@@H]9C=C(CO)[C@H](O)[C@@H](O)[C@@H]9O)C[C@H]8O)C(O)[C@H]7O)C(O)[C@H]6O)nn5)nn4)C(O)[C@H]3O)C(O)[C@H]2O)C(O)C[C@@H]1N[C@H]1C=C(CO)[C@@H](O)[C@H](O)[C@@H]1O. The van der Waals surface area contributed by atoms with Crippen LogP contribution in [0.4, 0.5) is 0 Å². The molecule has 42 nitrogen and oxygen atoms in total. The minimum Gasteiger partial charge on any atom is -0.394 e. The van der Waals surface area contributed by atoms with E-state index in [1.165, 1.54) is 21.5 Å². The van der Waals surface area contributed by atoms with Gasteiger partial charge in [-0.15, -0.1) is 10.2 Å². The predicted octanol–water partition coefficient (Wildman–Crippen LogP) is -13.6. The van der Waals surface area contributed by atoms with E-state index in [1.54, 1.807) is 26.2 Å². The van der Waals surface area contributed by atoms with E-state index in [-0.39, 0.29) is 48.6 Å². The second kappa shape index (κ2) is 36.0. The number of rotatable bonds is 29. The first-order valence-electron chi connectivity index (χ1n) is 33.7. The van der Waals surface area contributed by atoms with Crippen molar-refractivity contribution in [3.8, 4) is 0 Å². The molecule has 6 aliphatic heterocycles. The number of aryl methyl sites for hydroxylation is 2. The molecule has 2 aromatic rings. The zero-order valence-corrected chi connectivity index (χ0v) is 55.4. The molecule has 102 heavy (non-hydrogen) atoms. The Labute approximate surface area is 581 Å². The molecule has 0 bridgehead atoms. The van der Waals surface area contributed by atoms with Gasteiger partial charge in [0.05, 0.1) is 89.5 Å². The van der Waals surface area contributed by atoms with Gasteiger partial charge in [0.15, 0.2) is 37.7 Å². The van der Waals surface area contributed by atoms with Crippen molar-refractivity contribution in [2.45, 2.75) is 286 Å². The van der Waals surface area contributed by atoms with Crippen molar-refractivity contribution in [3.05, 3.63) is 47.1 Å². The Morgan fingerprint density at radius 2 is 0.716 bits per heavy atom. The van der Waals surface area contributed by atoms with Gasteiger partial charge in [-0.3, -0.25) is 9.36 Å². The third kappa shape index (κ3) is 18.2. The molecule has 6 fully saturated rings. The van der Waals surface area contributed by atoms with Crippen LogP contribution in [0.5, 0.6) is 0 Å². The Hall–Kier alpha value is -3.68. The topological polar surface area (TPSA) is 641 Å². The lowest BCUT2D eigenvalue weighted by molar-refractivity contribution is -0.374. The Kier molecular flexibility index (Phi) is 28.6. The van der Waals surface area contributed by atoms with Crippen molar-refractivity contribution in [1.82, 2.24) is 40.6 Å². The maximum absolute atomic E-state index is 11.3. The Bertz CT molecular complexity index is 2770. The predicted molar refractivity (Wildman–Crippen MR) is 327 cm³/mol.